The normalized spacial score (nSPS) is 18.3. The van der Waals surface area contributed by atoms with Gasteiger partial charge in [0.05, 0.1) is 13.1 Å². The van der Waals surface area contributed by atoms with Crippen molar-refractivity contribution in [2.45, 2.75) is 25.8 Å². The first kappa shape index (κ1) is 15.7. The summed E-state index contributed by atoms with van der Waals surface area (Å²) in [5.41, 5.74) is 2.16. The molecule has 0 saturated carbocycles. The summed E-state index contributed by atoms with van der Waals surface area (Å²) in [4.78, 5) is 16.3. The molecule has 1 aliphatic heterocycles. The van der Waals surface area contributed by atoms with E-state index in [2.05, 4.69) is 34.3 Å². The van der Waals surface area contributed by atoms with Gasteiger partial charge < -0.3 is 9.42 Å². The van der Waals surface area contributed by atoms with Crippen LogP contribution in [-0.2, 0) is 11.3 Å². The Morgan fingerprint density at radius 3 is 2.87 bits per heavy atom. The summed E-state index contributed by atoms with van der Waals surface area (Å²) in [7, 11) is 1.82. The van der Waals surface area contributed by atoms with Gasteiger partial charge in [0.2, 0.25) is 5.91 Å². The van der Waals surface area contributed by atoms with E-state index in [9.17, 15) is 4.79 Å². The second-order valence-corrected chi connectivity index (χ2v) is 6.31. The van der Waals surface area contributed by atoms with E-state index in [0.717, 1.165) is 31.0 Å². The molecule has 3 rings (SSSR count). The zero-order valence-electron chi connectivity index (χ0n) is 13.7. The Kier molecular flexibility index (Phi) is 4.76. The van der Waals surface area contributed by atoms with Crippen LogP contribution in [0, 0.1) is 6.92 Å². The zero-order valence-corrected chi connectivity index (χ0v) is 13.7. The van der Waals surface area contributed by atoms with Gasteiger partial charge in [0, 0.05) is 19.7 Å². The maximum absolute atomic E-state index is 12.4. The molecule has 0 radical (unpaired) electrons. The van der Waals surface area contributed by atoms with Gasteiger partial charge in [-0.3, -0.25) is 9.69 Å². The summed E-state index contributed by atoms with van der Waals surface area (Å²) in [6.07, 6.45) is 1.11. The lowest BCUT2D eigenvalue weighted by atomic mass is 9.99. The average molecular weight is 313 g/mol. The fraction of sp³-hybridized carbons (Fsp3) is 0.444. The fourth-order valence-electron chi connectivity index (χ4n) is 3.11. The molecule has 5 heteroatoms. The van der Waals surface area contributed by atoms with Gasteiger partial charge >= 0.3 is 0 Å². The molecule has 0 N–H and O–H groups in total. The fourth-order valence-corrected chi connectivity index (χ4v) is 3.11. The Morgan fingerprint density at radius 2 is 2.17 bits per heavy atom. The highest BCUT2D eigenvalue weighted by Crippen LogP contribution is 2.26. The van der Waals surface area contributed by atoms with Crippen molar-refractivity contribution in [2.75, 3.05) is 26.7 Å². The van der Waals surface area contributed by atoms with Crippen molar-refractivity contribution in [1.82, 2.24) is 15.0 Å². The number of likely N-dealkylation sites (tertiary alicyclic amines) is 1. The van der Waals surface area contributed by atoms with Crippen molar-refractivity contribution < 1.29 is 9.32 Å². The number of amides is 1. The minimum atomic E-state index is 0.124. The quantitative estimate of drug-likeness (QED) is 0.851. The van der Waals surface area contributed by atoms with E-state index in [-0.39, 0.29) is 5.91 Å². The van der Waals surface area contributed by atoms with Gasteiger partial charge in [0.25, 0.3) is 0 Å². The Balaban J connectivity index is 1.50. The lowest BCUT2D eigenvalue weighted by Crippen LogP contribution is -2.37. The summed E-state index contributed by atoms with van der Waals surface area (Å²) in [6.45, 7) is 4.74. The molecule has 1 atom stereocenters. The molecule has 2 heterocycles. The SMILES string of the molecule is Cc1cc(CN(C)C(=O)CN2CC[C@@H](c3ccccc3)C2)no1. The van der Waals surface area contributed by atoms with Crippen LogP contribution < -0.4 is 0 Å². The maximum atomic E-state index is 12.4. The van der Waals surface area contributed by atoms with Gasteiger partial charge in [-0.05, 0) is 31.4 Å². The van der Waals surface area contributed by atoms with Gasteiger partial charge in [0.15, 0.2) is 0 Å². The molecule has 1 saturated heterocycles. The van der Waals surface area contributed by atoms with Crippen molar-refractivity contribution in [1.29, 1.82) is 0 Å². The van der Waals surface area contributed by atoms with E-state index in [1.807, 2.05) is 26.1 Å². The number of hydrogen-bond acceptors (Lipinski definition) is 4. The molecular weight excluding hydrogens is 290 g/mol. The maximum Gasteiger partial charge on any atom is 0.236 e. The van der Waals surface area contributed by atoms with E-state index in [0.29, 0.717) is 19.0 Å². The van der Waals surface area contributed by atoms with Gasteiger partial charge in [-0.15, -0.1) is 0 Å². The Labute approximate surface area is 136 Å². The van der Waals surface area contributed by atoms with Crippen molar-refractivity contribution in [2.24, 2.45) is 0 Å². The minimum Gasteiger partial charge on any atom is -0.361 e. The molecule has 0 unspecified atom stereocenters. The van der Waals surface area contributed by atoms with Gasteiger partial charge in [-0.1, -0.05) is 35.5 Å². The monoisotopic (exact) mass is 313 g/mol. The highest BCUT2D eigenvalue weighted by Gasteiger charge is 2.26. The standard InChI is InChI=1S/C18H23N3O2/c1-14-10-17(19-23-14)12-20(2)18(22)13-21-9-8-16(11-21)15-6-4-3-5-7-15/h3-7,10,16H,8-9,11-13H2,1-2H3/t16-/m1/s1. The third kappa shape index (κ3) is 3.99. The zero-order chi connectivity index (χ0) is 16.2. The first-order chi connectivity index (χ1) is 11.1. The molecule has 1 aromatic carbocycles. The first-order valence-corrected chi connectivity index (χ1v) is 8.05. The highest BCUT2D eigenvalue weighted by atomic mass is 16.5. The molecular formula is C18H23N3O2. The largest absolute Gasteiger partial charge is 0.361 e. The van der Waals surface area contributed by atoms with E-state index >= 15 is 0 Å². The summed E-state index contributed by atoms with van der Waals surface area (Å²) < 4.78 is 5.04. The summed E-state index contributed by atoms with van der Waals surface area (Å²) in [5.74, 6) is 1.43. The molecule has 0 bridgehead atoms. The molecule has 1 aromatic heterocycles. The van der Waals surface area contributed by atoms with E-state index in [1.54, 1.807) is 4.90 Å². The lowest BCUT2D eigenvalue weighted by Gasteiger charge is -2.21. The van der Waals surface area contributed by atoms with Crippen LogP contribution in [-0.4, -0.2) is 47.5 Å². The lowest BCUT2D eigenvalue weighted by molar-refractivity contribution is -0.131. The van der Waals surface area contributed by atoms with Crippen LogP contribution in [0.15, 0.2) is 40.9 Å². The van der Waals surface area contributed by atoms with E-state index in [1.165, 1.54) is 5.56 Å². The summed E-state index contributed by atoms with van der Waals surface area (Å²) in [6, 6.07) is 12.4. The molecule has 1 fully saturated rings. The van der Waals surface area contributed by atoms with E-state index < -0.39 is 0 Å². The van der Waals surface area contributed by atoms with Gasteiger partial charge in [-0.2, -0.15) is 0 Å². The Bertz CT molecular complexity index is 653. The smallest absolute Gasteiger partial charge is 0.236 e. The van der Waals surface area contributed by atoms with Crippen molar-refractivity contribution in [3.63, 3.8) is 0 Å². The third-order valence-corrected chi connectivity index (χ3v) is 4.40. The van der Waals surface area contributed by atoms with Crippen LogP contribution in [0.25, 0.3) is 0 Å². The number of carbonyl (C=O) groups is 1. The van der Waals surface area contributed by atoms with Crippen LogP contribution in [0.5, 0.6) is 0 Å². The Morgan fingerprint density at radius 1 is 1.39 bits per heavy atom. The molecule has 122 valence electrons. The highest BCUT2D eigenvalue weighted by molar-refractivity contribution is 5.78. The number of carbonyl (C=O) groups excluding carboxylic acids is 1. The van der Waals surface area contributed by atoms with Gasteiger partial charge in [0.1, 0.15) is 11.5 Å². The minimum absolute atomic E-state index is 0.124. The summed E-state index contributed by atoms with van der Waals surface area (Å²) in [5, 5.41) is 3.94. The van der Waals surface area contributed by atoms with Crippen molar-refractivity contribution in [3.05, 3.63) is 53.4 Å². The van der Waals surface area contributed by atoms with Crippen molar-refractivity contribution >= 4 is 5.91 Å². The molecule has 2 aromatic rings. The molecule has 23 heavy (non-hydrogen) atoms. The van der Waals surface area contributed by atoms with Gasteiger partial charge in [-0.25, -0.2) is 0 Å². The molecule has 0 spiro atoms. The second kappa shape index (κ2) is 6.96. The number of nitrogens with zero attached hydrogens (tertiary/aromatic N) is 3. The first-order valence-electron chi connectivity index (χ1n) is 8.05. The number of aryl methyl sites for hydroxylation is 1. The van der Waals surface area contributed by atoms with Crippen LogP contribution >= 0.6 is 0 Å². The Hall–Kier alpha value is -2.14. The van der Waals surface area contributed by atoms with Crippen LogP contribution in [0.2, 0.25) is 0 Å². The summed E-state index contributed by atoms with van der Waals surface area (Å²) >= 11 is 0. The molecule has 0 aliphatic carbocycles. The average Bonchev–Trinajstić information content (AvgIpc) is 3.17. The molecule has 1 amide bonds. The molecule has 5 nitrogen and oxygen atoms in total. The molecule has 1 aliphatic rings. The van der Waals surface area contributed by atoms with Crippen LogP contribution in [0.4, 0.5) is 0 Å². The number of benzene rings is 1. The number of hydrogen-bond donors (Lipinski definition) is 0. The predicted octanol–water partition coefficient (Wildman–Crippen LogP) is 2.43. The second-order valence-electron chi connectivity index (χ2n) is 6.31. The number of likely N-dealkylation sites (N-methyl/N-ethyl adjacent to an activating group) is 1. The topological polar surface area (TPSA) is 49.6 Å². The predicted molar refractivity (Wildman–Crippen MR) is 88.0 cm³/mol. The van der Waals surface area contributed by atoms with E-state index in [4.69, 9.17) is 4.52 Å². The third-order valence-electron chi connectivity index (χ3n) is 4.40. The van der Waals surface area contributed by atoms with Crippen LogP contribution in [0.1, 0.15) is 29.4 Å². The number of aromatic nitrogens is 1. The number of rotatable bonds is 5. The van der Waals surface area contributed by atoms with Crippen LogP contribution in [0.3, 0.4) is 0 Å². The van der Waals surface area contributed by atoms with Crippen molar-refractivity contribution in [3.8, 4) is 0 Å².